The fourth-order valence-electron chi connectivity index (χ4n) is 3.45. The van der Waals surface area contributed by atoms with Crippen molar-refractivity contribution >= 4 is 68.5 Å². The van der Waals surface area contributed by atoms with Gasteiger partial charge in [0, 0.05) is 29.4 Å². The first-order valence-corrected chi connectivity index (χ1v) is 11.1. The Labute approximate surface area is 189 Å². The van der Waals surface area contributed by atoms with Gasteiger partial charge in [-0.1, -0.05) is 6.07 Å². The van der Waals surface area contributed by atoms with E-state index < -0.39 is 0 Å². The van der Waals surface area contributed by atoms with Gasteiger partial charge >= 0.3 is 0 Å². The molecule has 0 amide bonds. The fourth-order valence-corrected chi connectivity index (χ4v) is 5.85. The summed E-state index contributed by atoms with van der Waals surface area (Å²) in [7, 11) is 4.09. The first kappa shape index (κ1) is 22.1. The molecule has 0 bridgehead atoms. The van der Waals surface area contributed by atoms with Gasteiger partial charge in [0.2, 0.25) is 0 Å². The molecule has 26 heavy (non-hydrogen) atoms. The molecule has 0 aromatic carbocycles. The lowest BCUT2D eigenvalue weighted by Gasteiger charge is -2.39. The van der Waals surface area contributed by atoms with Crippen LogP contribution in [0, 0.1) is 5.92 Å². The van der Waals surface area contributed by atoms with Crippen molar-refractivity contribution in [2.75, 3.05) is 27.2 Å². The van der Waals surface area contributed by atoms with Gasteiger partial charge in [-0.2, -0.15) is 0 Å². The molecule has 2 aromatic rings. The first-order chi connectivity index (χ1) is 12.2. The number of nitrogens with one attached hydrogen (secondary N) is 2. The second kappa shape index (κ2) is 11.0. The van der Waals surface area contributed by atoms with Crippen LogP contribution >= 0.6 is 62.6 Å². The topological polar surface area (TPSA) is 39.7 Å². The number of nitrogens with zero attached hydrogens (tertiary/aromatic N) is 2. The van der Waals surface area contributed by atoms with Gasteiger partial charge in [-0.25, -0.2) is 0 Å². The van der Waals surface area contributed by atoms with Crippen LogP contribution in [0.1, 0.15) is 28.6 Å². The Morgan fingerprint density at radius 3 is 2.85 bits per heavy atom. The maximum Gasteiger partial charge on any atom is 0.191 e. The maximum atomic E-state index is 4.38. The number of guanidine groups is 1. The van der Waals surface area contributed by atoms with E-state index in [4.69, 9.17) is 0 Å². The van der Waals surface area contributed by atoms with E-state index in [-0.39, 0.29) is 24.0 Å². The summed E-state index contributed by atoms with van der Waals surface area (Å²) in [4.78, 5) is 9.65. The second-order valence-electron chi connectivity index (χ2n) is 6.36. The predicted octanol–water partition coefficient (Wildman–Crippen LogP) is 4.94. The Morgan fingerprint density at radius 2 is 2.19 bits per heavy atom. The Balaban J connectivity index is 0.00000243. The first-order valence-electron chi connectivity index (χ1n) is 8.59. The van der Waals surface area contributed by atoms with Crippen LogP contribution in [-0.2, 0) is 6.54 Å². The van der Waals surface area contributed by atoms with Gasteiger partial charge in [0.15, 0.2) is 5.96 Å². The summed E-state index contributed by atoms with van der Waals surface area (Å²) in [5.74, 6) is 1.48. The number of thiophene rings is 2. The quantitative estimate of drug-likeness (QED) is 0.305. The number of hydrogen-bond acceptors (Lipinski definition) is 4. The summed E-state index contributed by atoms with van der Waals surface area (Å²) in [6.45, 7) is 2.93. The number of halogens is 2. The molecule has 4 nitrogen and oxygen atoms in total. The highest BCUT2D eigenvalue weighted by atomic mass is 127. The standard InChI is InChI=1S/C18H25BrN4S2.HI/c1-20-18(22-12-14-7-8-16(19)25-14)21-11-13-5-3-9-23(2)17(13)15-6-4-10-24-15;/h4,6-8,10,13,17H,3,5,9,11-12H2,1-2H3,(H2,20,21,22);1H. The number of likely N-dealkylation sites (tertiary alicyclic amines) is 1. The third-order valence-corrected chi connectivity index (χ3v) is 7.22. The zero-order valence-electron chi connectivity index (χ0n) is 15.1. The average Bonchev–Trinajstić information content (AvgIpc) is 3.27. The normalized spacial score (nSPS) is 21.3. The summed E-state index contributed by atoms with van der Waals surface area (Å²) in [6, 6.07) is 9.16. The van der Waals surface area contributed by atoms with Crippen molar-refractivity contribution in [2.45, 2.75) is 25.4 Å². The summed E-state index contributed by atoms with van der Waals surface area (Å²) in [5, 5.41) is 9.14. The zero-order chi connectivity index (χ0) is 17.6. The lowest BCUT2D eigenvalue weighted by molar-refractivity contribution is 0.125. The Kier molecular flexibility index (Phi) is 9.36. The highest BCUT2D eigenvalue weighted by molar-refractivity contribution is 14.0. The zero-order valence-corrected chi connectivity index (χ0v) is 20.6. The van der Waals surface area contributed by atoms with Crippen LogP contribution in [0.4, 0.5) is 0 Å². The minimum atomic E-state index is 0. The molecule has 3 heterocycles. The Bertz CT molecular complexity index is 689. The molecule has 0 spiro atoms. The van der Waals surface area contributed by atoms with E-state index in [0.29, 0.717) is 12.0 Å². The Hall–Kier alpha value is -0.160. The Morgan fingerprint density at radius 1 is 1.35 bits per heavy atom. The summed E-state index contributed by atoms with van der Waals surface area (Å²) < 4.78 is 1.16. The minimum Gasteiger partial charge on any atom is -0.356 e. The molecule has 0 saturated carbocycles. The van der Waals surface area contributed by atoms with Gasteiger partial charge in [-0.15, -0.1) is 46.7 Å². The summed E-state index contributed by atoms with van der Waals surface area (Å²) in [5.41, 5.74) is 0. The molecule has 0 aliphatic carbocycles. The highest BCUT2D eigenvalue weighted by Gasteiger charge is 2.31. The van der Waals surface area contributed by atoms with E-state index in [2.05, 4.69) is 73.1 Å². The SMILES string of the molecule is CN=C(NCc1ccc(Br)s1)NCC1CCCN(C)C1c1cccs1.I. The third-order valence-electron chi connectivity index (χ3n) is 4.66. The van der Waals surface area contributed by atoms with Crippen LogP contribution in [0.5, 0.6) is 0 Å². The van der Waals surface area contributed by atoms with Crippen LogP contribution in [0.25, 0.3) is 0 Å². The third kappa shape index (κ3) is 5.92. The lowest BCUT2D eigenvalue weighted by atomic mass is 9.88. The summed E-state index contributed by atoms with van der Waals surface area (Å²) >= 11 is 7.13. The molecule has 2 aromatic heterocycles. The molecule has 1 saturated heterocycles. The molecular formula is C18H26BrIN4S2. The van der Waals surface area contributed by atoms with Gasteiger partial charge in [-0.3, -0.25) is 9.89 Å². The van der Waals surface area contributed by atoms with Crippen LogP contribution in [0.15, 0.2) is 38.4 Å². The van der Waals surface area contributed by atoms with Gasteiger partial charge in [-0.05, 0) is 71.9 Å². The molecular weight excluding hydrogens is 543 g/mol. The molecule has 3 rings (SSSR count). The number of aliphatic imine (C=N–C) groups is 1. The van der Waals surface area contributed by atoms with E-state index in [9.17, 15) is 0 Å². The number of hydrogen-bond donors (Lipinski definition) is 2. The van der Waals surface area contributed by atoms with Gasteiger partial charge in [0.1, 0.15) is 0 Å². The van der Waals surface area contributed by atoms with E-state index in [1.165, 1.54) is 29.1 Å². The number of piperidine rings is 1. The van der Waals surface area contributed by atoms with Crippen molar-refractivity contribution in [3.63, 3.8) is 0 Å². The largest absolute Gasteiger partial charge is 0.356 e. The fraction of sp³-hybridized carbons (Fsp3) is 0.500. The van der Waals surface area contributed by atoms with Gasteiger partial charge in [0.05, 0.1) is 10.3 Å². The molecule has 2 N–H and O–H groups in total. The molecule has 144 valence electrons. The highest BCUT2D eigenvalue weighted by Crippen LogP contribution is 2.36. The molecule has 1 aliphatic heterocycles. The maximum absolute atomic E-state index is 4.38. The van der Waals surface area contributed by atoms with Crippen LogP contribution in [0.2, 0.25) is 0 Å². The minimum absolute atomic E-state index is 0. The van der Waals surface area contributed by atoms with E-state index in [1.807, 2.05) is 18.4 Å². The monoisotopic (exact) mass is 568 g/mol. The van der Waals surface area contributed by atoms with Crippen LogP contribution in [0.3, 0.4) is 0 Å². The van der Waals surface area contributed by atoms with Crippen molar-refractivity contribution in [2.24, 2.45) is 10.9 Å². The van der Waals surface area contributed by atoms with E-state index in [1.54, 1.807) is 11.3 Å². The molecule has 0 radical (unpaired) electrons. The predicted molar refractivity (Wildman–Crippen MR) is 128 cm³/mol. The van der Waals surface area contributed by atoms with Crippen molar-refractivity contribution in [1.29, 1.82) is 0 Å². The second-order valence-corrected chi connectivity index (χ2v) is 9.88. The van der Waals surface area contributed by atoms with E-state index in [0.717, 1.165) is 22.8 Å². The average molecular weight is 569 g/mol. The van der Waals surface area contributed by atoms with Crippen molar-refractivity contribution in [3.8, 4) is 0 Å². The van der Waals surface area contributed by atoms with Crippen molar-refractivity contribution in [1.82, 2.24) is 15.5 Å². The molecule has 1 aliphatic rings. The molecule has 8 heteroatoms. The van der Waals surface area contributed by atoms with Gasteiger partial charge in [0.25, 0.3) is 0 Å². The summed E-state index contributed by atoms with van der Waals surface area (Å²) in [6.07, 6.45) is 2.52. The number of rotatable bonds is 5. The van der Waals surface area contributed by atoms with Gasteiger partial charge < -0.3 is 10.6 Å². The van der Waals surface area contributed by atoms with Crippen LogP contribution in [-0.4, -0.2) is 38.0 Å². The lowest BCUT2D eigenvalue weighted by Crippen LogP contribution is -2.44. The van der Waals surface area contributed by atoms with Crippen LogP contribution < -0.4 is 10.6 Å². The molecule has 2 unspecified atom stereocenters. The molecule has 1 fully saturated rings. The van der Waals surface area contributed by atoms with E-state index >= 15 is 0 Å². The smallest absolute Gasteiger partial charge is 0.191 e. The van der Waals surface area contributed by atoms with Crippen molar-refractivity contribution in [3.05, 3.63) is 43.2 Å². The molecule has 2 atom stereocenters. The van der Waals surface area contributed by atoms with Crippen molar-refractivity contribution < 1.29 is 0 Å².